The lowest BCUT2D eigenvalue weighted by atomic mass is 9.99. The van der Waals surface area contributed by atoms with Gasteiger partial charge in [-0.15, -0.1) is 0 Å². The number of unbranched alkanes of at least 4 members (excludes halogenated alkanes) is 19. The van der Waals surface area contributed by atoms with E-state index in [4.69, 9.17) is 18.9 Å². The zero-order valence-corrected chi connectivity index (χ0v) is 34.7. The Bertz CT molecular complexity index is 996. The van der Waals surface area contributed by atoms with E-state index < -0.39 is 55.4 Å². The van der Waals surface area contributed by atoms with E-state index in [9.17, 15) is 30.0 Å². The molecule has 0 spiro atoms. The molecule has 0 radical (unpaired) electrons. The van der Waals surface area contributed by atoms with Gasteiger partial charge in [0.2, 0.25) is 0 Å². The van der Waals surface area contributed by atoms with Gasteiger partial charge in [0.05, 0.1) is 13.2 Å². The third kappa shape index (κ3) is 28.0. The van der Waals surface area contributed by atoms with Gasteiger partial charge >= 0.3 is 11.9 Å². The van der Waals surface area contributed by atoms with E-state index in [0.29, 0.717) is 12.8 Å². The van der Waals surface area contributed by atoms with Crippen LogP contribution >= 0.6 is 0 Å². The second kappa shape index (κ2) is 36.3. The van der Waals surface area contributed by atoms with Gasteiger partial charge in [0, 0.05) is 12.8 Å². The molecule has 1 heterocycles. The standard InChI is InChI=1S/C45H80O10/c1-3-5-7-9-11-13-15-17-19-21-23-25-27-29-31-33-40(47)52-36-38(37-53-45-44(51)43(50)42(49)39(35-46)55-45)54-41(48)34-32-30-28-26-24-22-20-18-16-14-12-10-8-6-4-2/h11,13-14,16-17,19,38-39,42-46,49-51H,3-10,12,15,18,20-37H2,1-2H3/b13-11+,16-14+,19-17+/t38-,39-,42+,43?,44?,45-/m0/s1. The van der Waals surface area contributed by atoms with Crippen LogP contribution in [0.15, 0.2) is 36.5 Å². The van der Waals surface area contributed by atoms with Crippen LogP contribution in [-0.2, 0) is 28.5 Å². The molecule has 1 rings (SSSR count). The number of carbonyl (C=O) groups excluding carboxylic acids is 2. The SMILES string of the molecule is CCCCC/C=C/C/C=C/CCCCCCCC(=O)OC[C@@H](CO[C@H]1O[C@@H](CO)[C@@H](O)C(O)C1O)OC(=O)CCCCCCCCC/C=C/CCCCCC. The summed E-state index contributed by atoms with van der Waals surface area (Å²) in [5.41, 5.74) is 0. The summed E-state index contributed by atoms with van der Waals surface area (Å²) in [5.74, 6) is -0.827. The fourth-order valence-electron chi connectivity index (χ4n) is 6.45. The Hall–Kier alpha value is -2.08. The van der Waals surface area contributed by atoms with Crippen molar-refractivity contribution in [3.8, 4) is 0 Å². The van der Waals surface area contributed by atoms with Crippen LogP contribution < -0.4 is 0 Å². The normalized spacial score (nSPS) is 20.9. The van der Waals surface area contributed by atoms with Crippen LogP contribution in [0.4, 0.5) is 0 Å². The Labute approximate surface area is 334 Å². The van der Waals surface area contributed by atoms with Gasteiger partial charge in [-0.2, -0.15) is 0 Å². The zero-order valence-electron chi connectivity index (χ0n) is 34.7. The lowest BCUT2D eigenvalue weighted by Gasteiger charge is -2.39. The maximum absolute atomic E-state index is 12.8. The van der Waals surface area contributed by atoms with Crippen molar-refractivity contribution in [3.05, 3.63) is 36.5 Å². The van der Waals surface area contributed by atoms with Gasteiger partial charge in [-0.3, -0.25) is 9.59 Å². The number of aliphatic hydroxyl groups excluding tert-OH is 4. The van der Waals surface area contributed by atoms with Gasteiger partial charge in [-0.25, -0.2) is 0 Å². The fourth-order valence-corrected chi connectivity index (χ4v) is 6.45. The first-order chi connectivity index (χ1) is 26.8. The Morgan fingerprint density at radius 2 is 1.02 bits per heavy atom. The van der Waals surface area contributed by atoms with Crippen molar-refractivity contribution >= 4 is 11.9 Å². The summed E-state index contributed by atoms with van der Waals surface area (Å²) in [6.07, 6.45) is 32.9. The Morgan fingerprint density at radius 3 is 1.56 bits per heavy atom. The molecule has 10 nitrogen and oxygen atoms in total. The minimum Gasteiger partial charge on any atom is -0.462 e. The summed E-state index contributed by atoms with van der Waals surface area (Å²) in [5, 5.41) is 40.0. The molecule has 0 aromatic heterocycles. The van der Waals surface area contributed by atoms with Crippen molar-refractivity contribution in [2.24, 2.45) is 0 Å². The van der Waals surface area contributed by atoms with Gasteiger partial charge in [0.1, 0.15) is 31.0 Å². The van der Waals surface area contributed by atoms with Crippen LogP contribution in [-0.4, -0.2) is 89.0 Å². The van der Waals surface area contributed by atoms with Crippen LogP contribution in [0.5, 0.6) is 0 Å². The smallest absolute Gasteiger partial charge is 0.306 e. The minimum absolute atomic E-state index is 0.222. The molecule has 4 N–H and O–H groups in total. The van der Waals surface area contributed by atoms with E-state index in [1.54, 1.807) is 0 Å². The number of hydrogen-bond acceptors (Lipinski definition) is 10. The Morgan fingerprint density at radius 1 is 0.564 bits per heavy atom. The van der Waals surface area contributed by atoms with Gasteiger partial charge in [0.15, 0.2) is 12.4 Å². The van der Waals surface area contributed by atoms with Crippen molar-refractivity contribution in [2.75, 3.05) is 19.8 Å². The zero-order chi connectivity index (χ0) is 40.2. The molecule has 0 aromatic rings. The second-order valence-electron chi connectivity index (χ2n) is 15.1. The number of rotatable bonds is 36. The highest BCUT2D eigenvalue weighted by Crippen LogP contribution is 2.22. The third-order valence-corrected chi connectivity index (χ3v) is 10.00. The topological polar surface area (TPSA) is 152 Å². The number of esters is 2. The van der Waals surface area contributed by atoms with Gasteiger partial charge in [0.25, 0.3) is 0 Å². The monoisotopic (exact) mass is 781 g/mol. The van der Waals surface area contributed by atoms with Crippen molar-refractivity contribution in [3.63, 3.8) is 0 Å². The average molecular weight is 781 g/mol. The molecule has 55 heavy (non-hydrogen) atoms. The number of hydrogen-bond donors (Lipinski definition) is 4. The molecule has 1 aliphatic rings. The maximum Gasteiger partial charge on any atom is 0.306 e. The number of carbonyl (C=O) groups is 2. The van der Waals surface area contributed by atoms with E-state index in [1.165, 1.54) is 77.0 Å². The number of allylic oxidation sites excluding steroid dienone is 6. The lowest BCUT2D eigenvalue weighted by Crippen LogP contribution is -2.59. The van der Waals surface area contributed by atoms with Crippen molar-refractivity contribution in [1.29, 1.82) is 0 Å². The molecular weight excluding hydrogens is 700 g/mol. The van der Waals surface area contributed by atoms with E-state index in [-0.39, 0.29) is 26.1 Å². The molecule has 10 heteroatoms. The first-order valence-corrected chi connectivity index (χ1v) is 22.1. The number of ether oxygens (including phenoxy) is 4. The van der Waals surface area contributed by atoms with E-state index >= 15 is 0 Å². The fraction of sp³-hybridized carbons (Fsp3) is 0.822. The van der Waals surface area contributed by atoms with E-state index in [2.05, 4.69) is 50.3 Å². The molecule has 1 aliphatic heterocycles. The summed E-state index contributed by atoms with van der Waals surface area (Å²) in [6, 6.07) is 0. The molecule has 320 valence electrons. The second-order valence-corrected chi connectivity index (χ2v) is 15.1. The third-order valence-electron chi connectivity index (χ3n) is 10.00. The summed E-state index contributed by atoms with van der Waals surface area (Å²) in [4.78, 5) is 25.3. The largest absolute Gasteiger partial charge is 0.462 e. The molecule has 0 saturated carbocycles. The van der Waals surface area contributed by atoms with Crippen LogP contribution in [0.3, 0.4) is 0 Å². The molecule has 0 aliphatic carbocycles. The molecular formula is C45H80O10. The lowest BCUT2D eigenvalue weighted by molar-refractivity contribution is -0.305. The highest BCUT2D eigenvalue weighted by atomic mass is 16.7. The maximum atomic E-state index is 12.8. The summed E-state index contributed by atoms with van der Waals surface area (Å²) >= 11 is 0. The Balaban J connectivity index is 2.35. The molecule has 0 aromatic carbocycles. The average Bonchev–Trinajstić information content (AvgIpc) is 3.18. The molecule has 1 fully saturated rings. The molecule has 0 amide bonds. The Kier molecular flexibility index (Phi) is 33.6. The van der Waals surface area contributed by atoms with Gasteiger partial charge in [-0.1, -0.05) is 134 Å². The van der Waals surface area contributed by atoms with Crippen LogP contribution in [0.2, 0.25) is 0 Å². The van der Waals surface area contributed by atoms with Gasteiger partial charge < -0.3 is 39.4 Å². The highest BCUT2D eigenvalue weighted by molar-refractivity contribution is 5.70. The van der Waals surface area contributed by atoms with Crippen molar-refractivity contribution in [1.82, 2.24) is 0 Å². The number of aliphatic hydroxyl groups is 4. The molecule has 1 saturated heterocycles. The first kappa shape index (κ1) is 50.9. The van der Waals surface area contributed by atoms with Crippen molar-refractivity contribution in [2.45, 2.75) is 218 Å². The van der Waals surface area contributed by atoms with E-state index in [0.717, 1.165) is 64.2 Å². The summed E-state index contributed by atoms with van der Waals surface area (Å²) < 4.78 is 22.1. The summed E-state index contributed by atoms with van der Waals surface area (Å²) in [6.45, 7) is 3.36. The van der Waals surface area contributed by atoms with Crippen molar-refractivity contribution < 1.29 is 49.0 Å². The quantitative estimate of drug-likeness (QED) is 0.0275. The first-order valence-electron chi connectivity index (χ1n) is 22.1. The van der Waals surface area contributed by atoms with Gasteiger partial charge in [-0.05, 0) is 70.6 Å². The van der Waals surface area contributed by atoms with Crippen LogP contribution in [0.25, 0.3) is 0 Å². The molecule has 6 atom stereocenters. The van der Waals surface area contributed by atoms with E-state index in [1.807, 2.05) is 0 Å². The van der Waals surface area contributed by atoms with Crippen LogP contribution in [0, 0.1) is 0 Å². The summed E-state index contributed by atoms with van der Waals surface area (Å²) in [7, 11) is 0. The minimum atomic E-state index is -1.60. The molecule has 0 bridgehead atoms. The van der Waals surface area contributed by atoms with Crippen LogP contribution in [0.1, 0.15) is 181 Å². The molecule has 2 unspecified atom stereocenters. The predicted molar refractivity (Wildman–Crippen MR) is 219 cm³/mol. The predicted octanol–water partition coefficient (Wildman–Crippen LogP) is 9.11. The highest BCUT2D eigenvalue weighted by Gasteiger charge is 2.44.